The smallest absolute Gasteiger partial charge is 0.187 e. The van der Waals surface area contributed by atoms with Crippen molar-refractivity contribution in [3.8, 4) is 0 Å². The van der Waals surface area contributed by atoms with Crippen molar-refractivity contribution in [2.24, 2.45) is 0 Å². The van der Waals surface area contributed by atoms with Crippen LogP contribution < -0.4 is 5.32 Å². The number of aryl methyl sites for hydroxylation is 3. The Balaban J connectivity index is 2.03. The van der Waals surface area contributed by atoms with Crippen LogP contribution in [0.2, 0.25) is 0 Å². The van der Waals surface area contributed by atoms with Crippen LogP contribution in [0.1, 0.15) is 34.0 Å². The SMILES string of the molecule is CCc1ccc(N/C=C/C(=O)c2cc(C)ccc2C)cc1. The van der Waals surface area contributed by atoms with Gasteiger partial charge >= 0.3 is 0 Å². The summed E-state index contributed by atoms with van der Waals surface area (Å²) in [5.41, 5.74) is 5.14. The molecule has 0 unspecified atom stereocenters. The fourth-order valence-corrected chi connectivity index (χ4v) is 2.14. The molecule has 2 aromatic rings. The molecule has 21 heavy (non-hydrogen) atoms. The first-order valence-corrected chi connectivity index (χ1v) is 7.23. The van der Waals surface area contributed by atoms with E-state index < -0.39 is 0 Å². The van der Waals surface area contributed by atoms with Crippen molar-refractivity contribution >= 4 is 11.5 Å². The third-order valence-corrected chi connectivity index (χ3v) is 3.51. The molecule has 2 nitrogen and oxygen atoms in total. The lowest BCUT2D eigenvalue weighted by Gasteiger charge is -2.04. The Kier molecular flexibility index (Phi) is 4.94. The van der Waals surface area contributed by atoms with Gasteiger partial charge in [0.05, 0.1) is 0 Å². The van der Waals surface area contributed by atoms with Gasteiger partial charge in [0.1, 0.15) is 0 Å². The summed E-state index contributed by atoms with van der Waals surface area (Å²) in [6.07, 6.45) is 4.31. The van der Waals surface area contributed by atoms with E-state index in [2.05, 4.69) is 24.4 Å². The number of benzene rings is 2. The predicted octanol–water partition coefficient (Wildman–Crippen LogP) is 4.67. The lowest BCUT2D eigenvalue weighted by Crippen LogP contribution is -1.99. The summed E-state index contributed by atoms with van der Waals surface area (Å²) in [5, 5.41) is 3.13. The zero-order valence-corrected chi connectivity index (χ0v) is 12.8. The molecule has 0 radical (unpaired) electrons. The maximum atomic E-state index is 12.2. The minimum atomic E-state index is 0.0221. The van der Waals surface area contributed by atoms with E-state index in [1.54, 1.807) is 12.3 Å². The molecule has 0 amide bonds. The number of nitrogens with one attached hydrogen (secondary N) is 1. The van der Waals surface area contributed by atoms with E-state index in [4.69, 9.17) is 0 Å². The van der Waals surface area contributed by atoms with Gasteiger partial charge in [-0.15, -0.1) is 0 Å². The highest BCUT2D eigenvalue weighted by molar-refractivity contribution is 6.05. The number of allylic oxidation sites excluding steroid dienone is 1. The predicted molar refractivity (Wildman–Crippen MR) is 88.8 cm³/mol. The molecule has 0 aliphatic heterocycles. The van der Waals surface area contributed by atoms with E-state index in [1.807, 2.05) is 44.2 Å². The van der Waals surface area contributed by atoms with Crippen molar-refractivity contribution < 1.29 is 4.79 Å². The van der Waals surface area contributed by atoms with Gasteiger partial charge in [-0.05, 0) is 49.6 Å². The topological polar surface area (TPSA) is 29.1 Å². The van der Waals surface area contributed by atoms with Crippen LogP contribution in [0.4, 0.5) is 5.69 Å². The van der Waals surface area contributed by atoms with Crippen LogP contribution in [0.25, 0.3) is 0 Å². The Morgan fingerprint density at radius 1 is 1.10 bits per heavy atom. The first kappa shape index (κ1) is 15.0. The number of ketones is 1. The highest BCUT2D eigenvalue weighted by atomic mass is 16.1. The largest absolute Gasteiger partial charge is 0.362 e. The molecule has 0 heterocycles. The average molecular weight is 279 g/mol. The molecule has 0 aromatic heterocycles. The molecule has 0 bridgehead atoms. The minimum absolute atomic E-state index is 0.0221. The fraction of sp³-hybridized carbons (Fsp3) is 0.211. The third-order valence-electron chi connectivity index (χ3n) is 3.51. The van der Waals surface area contributed by atoms with E-state index in [9.17, 15) is 4.79 Å². The van der Waals surface area contributed by atoms with E-state index in [0.29, 0.717) is 0 Å². The molecule has 0 fully saturated rings. The van der Waals surface area contributed by atoms with Crippen LogP contribution in [0.5, 0.6) is 0 Å². The van der Waals surface area contributed by atoms with E-state index in [-0.39, 0.29) is 5.78 Å². The van der Waals surface area contributed by atoms with Gasteiger partial charge in [0.2, 0.25) is 0 Å². The van der Waals surface area contributed by atoms with Crippen molar-refractivity contribution in [2.75, 3.05) is 5.32 Å². The Bertz CT molecular complexity index is 654. The van der Waals surface area contributed by atoms with Crippen molar-refractivity contribution in [3.63, 3.8) is 0 Å². The van der Waals surface area contributed by atoms with Crippen molar-refractivity contribution in [2.45, 2.75) is 27.2 Å². The van der Waals surface area contributed by atoms with Crippen molar-refractivity contribution in [3.05, 3.63) is 77.0 Å². The monoisotopic (exact) mass is 279 g/mol. The summed E-state index contributed by atoms with van der Waals surface area (Å²) in [5.74, 6) is 0.0221. The quantitative estimate of drug-likeness (QED) is 0.636. The molecule has 108 valence electrons. The Labute approximate surface area is 126 Å². The Morgan fingerprint density at radius 2 is 1.81 bits per heavy atom. The summed E-state index contributed by atoms with van der Waals surface area (Å²) in [4.78, 5) is 12.2. The fourth-order valence-electron chi connectivity index (χ4n) is 2.14. The molecule has 1 N–H and O–H groups in total. The zero-order valence-electron chi connectivity index (χ0n) is 12.8. The van der Waals surface area contributed by atoms with Gasteiger partial charge in [0, 0.05) is 23.5 Å². The lowest BCUT2D eigenvalue weighted by molar-refractivity contribution is 0.104. The van der Waals surface area contributed by atoms with Crippen LogP contribution in [0, 0.1) is 13.8 Å². The molecule has 2 heteroatoms. The van der Waals surface area contributed by atoms with Gasteiger partial charge in [0.25, 0.3) is 0 Å². The highest BCUT2D eigenvalue weighted by Gasteiger charge is 2.05. The number of hydrogen-bond acceptors (Lipinski definition) is 2. The molecular weight excluding hydrogens is 258 g/mol. The number of anilines is 1. The Hall–Kier alpha value is -2.35. The van der Waals surface area contributed by atoms with Crippen LogP contribution in [0.3, 0.4) is 0 Å². The second kappa shape index (κ2) is 6.89. The summed E-state index contributed by atoms with van der Waals surface area (Å²) < 4.78 is 0. The first-order valence-electron chi connectivity index (χ1n) is 7.23. The van der Waals surface area contributed by atoms with Gasteiger partial charge < -0.3 is 5.32 Å². The van der Waals surface area contributed by atoms with E-state index in [0.717, 1.165) is 28.8 Å². The first-order chi connectivity index (χ1) is 10.1. The van der Waals surface area contributed by atoms with Crippen LogP contribution in [0.15, 0.2) is 54.7 Å². The normalized spacial score (nSPS) is 10.8. The maximum absolute atomic E-state index is 12.2. The number of carbonyl (C=O) groups excluding carboxylic acids is 1. The number of carbonyl (C=O) groups is 1. The second-order valence-electron chi connectivity index (χ2n) is 5.21. The zero-order chi connectivity index (χ0) is 15.2. The van der Waals surface area contributed by atoms with E-state index in [1.165, 1.54) is 5.56 Å². The van der Waals surface area contributed by atoms with Gasteiger partial charge in [-0.3, -0.25) is 4.79 Å². The van der Waals surface area contributed by atoms with Gasteiger partial charge in [-0.2, -0.15) is 0 Å². The molecule has 2 aromatic carbocycles. The molecule has 0 aliphatic carbocycles. The minimum Gasteiger partial charge on any atom is -0.362 e. The van der Waals surface area contributed by atoms with Gasteiger partial charge in [-0.25, -0.2) is 0 Å². The summed E-state index contributed by atoms with van der Waals surface area (Å²) in [7, 11) is 0. The van der Waals surface area contributed by atoms with E-state index >= 15 is 0 Å². The van der Waals surface area contributed by atoms with Crippen molar-refractivity contribution in [1.29, 1.82) is 0 Å². The highest BCUT2D eigenvalue weighted by Crippen LogP contribution is 2.13. The van der Waals surface area contributed by atoms with Crippen LogP contribution in [-0.2, 0) is 6.42 Å². The standard InChI is InChI=1S/C19H21NO/c1-4-16-7-9-17(10-8-16)20-12-11-19(21)18-13-14(2)5-6-15(18)3/h5-13,20H,4H2,1-3H3/b12-11+. The third kappa shape index (κ3) is 4.06. The van der Waals surface area contributed by atoms with Crippen molar-refractivity contribution in [1.82, 2.24) is 0 Å². The molecular formula is C19H21NO. The summed E-state index contributed by atoms with van der Waals surface area (Å²) in [6, 6.07) is 14.1. The Morgan fingerprint density at radius 3 is 2.48 bits per heavy atom. The second-order valence-corrected chi connectivity index (χ2v) is 5.21. The van der Waals surface area contributed by atoms with Crippen LogP contribution >= 0.6 is 0 Å². The molecule has 0 spiro atoms. The van der Waals surface area contributed by atoms with Gasteiger partial charge in [0.15, 0.2) is 5.78 Å². The molecule has 0 saturated carbocycles. The molecule has 0 aliphatic rings. The molecule has 2 rings (SSSR count). The average Bonchev–Trinajstić information content (AvgIpc) is 2.50. The maximum Gasteiger partial charge on any atom is 0.187 e. The number of hydrogen-bond donors (Lipinski definition) is 1. The summed E-state index contributed by atoms with van der Waals surface area (Å²) >= 11 is 0. The lowest BCUT2D eigenvalue weighted by atomic mass is 10.0. The summed E-state index contributed by atoms with van der Waals surface area (Å²) in [6.45, 7) is 6.08. The van der Waals surface area contributed by atoms with Crippen LogP contribution in [-0.4, -0.2) is 5.78 Å². The van der Waals surface area contributed by atoms with Gasteiger partial charge in [-0.1, -0.05) is 36.8 Å². The molecule has 0 atom stereocenters. The number of rotatable bonds is 5. The molecule has 0 saturated heterocycles.